The number of guanidine groups is 1. The van der Waals surface area contributed by atoms with Crippen LogP contribution in [0.5, 0.6) is 0 Å². The lowest BCUT2D eigenvalue weighted by atomic mass is 10.1. The lowest BCUT2D eigenvalue weighted by Gasteiger charge is -2.12. The molecule has 0 aliphatic carbocycles. The average Bonchev–Trinajstić information content (AvgIpc) is 3.03. The quantitative estimate of drug-likeness (QED) is 0.527. The first kappa shape index (κ1) is 21.2. The van der Waals surface area contributed by atoms with E-state index in [0.717, 1.165) is 29.2 Å². The van der Waals surface area contributed by atoms with E-state index < -0.39 is 12.8 Å². The van der Waals surface area contributed by atoms with E-state index in [1.54, 1.807) is 30.5 Å². The number of hydrogen-bond donors (Lipinski definition) is 2. The first-order chi connectivity index (χ1) is 12.9. The van der Waals surface area contributed by atoms with Gasteiger partial charge in [-0.15, -0.1) is 11.3 Å². The molecule has 2 rings (SSSR count). The van der Waals surface area contributed by atoms with Crippen molar-refractivity contribution in [2.45, 2.75) is 32.7 Å². The summed E-state index contributed by atoms with van der Waals surface area (Å²) in [7, 11) is 1.70. The molecule has 0 fully saturated rings. The van der Waals surface area contributed by atoms with Gasteiger partial charge in [-0.25, -0.2) is 4.98 Å². The zero-order chi connectivity index (χ0) is 19.7. The van der Waals surface area contributed by atoms with Crippen LogP contribution in [0.1, 0.15) is 21.8 Å². The highest BCUT2D eigenvalue weighted by Crippen LogP contribution is 2.15. The van der Waals surface area contributed by atoms with Crippen molar-refractivity contribution in [2.75, 3.05) is 20.2 Å². The zero-order valence-electron chi connectivity index (χ0n) is 15.3. The van der Waals surface area contributed by atoms with Gasteiger partial charge in [0.1, 0.15) is 6.61 Å². The standard InChI is InChI=1S/C18H23F3N4OS/c1-13-25-16(11-27-13)7-8-23-17(22-2)24-9-14-3-5-15(6-4-14)10-26-12-18(19,20)21/h3-6,11H,7-10,12H2,1-2H3,(H2,22,23,24). The van der Waals surface area contributed by atoms with Crippen molar-refractivity contribution in [3.05, 3.63) is 51.5 Å². The highest BCUT2D eigenvalue weighted by molar-refractivity contribution is 7.09. The number of rotatable bonds is 8. The Hall–Kier alpha value is -2.13. The lowest BCUT2D eigenvalue weighted by Crippen LogP contribution is -2.37. The van der Waals surface area contributed by atoms with E-state index in [-0.39, 0.29) is 6.61 Å². The molecular weight excluding hydrogens is 377 g/mol. The Labute approximate surface area is 160 Å². The Bertz CT molecular complexity index is 729. The van der Waals surface area contributed by atoms with Gasteiger partial charge in [0.15, 0.2) is 5.96 Å². The van der Waals surface area contributed by atoms with Crippen molar-refractivity contribution in [1.82, 2.24) is 15.6 Å². The van der Waals surface area contributed by atoms with E-state index in [9.17, 15) is 13.2 Å². The van der Waals surface area contributed by atoms with Crippen molar-refractivity contribution in [3.8, 4) is 0 Å². The summed E-state index contributed by atoms with van der Waals surface area (Å²) in [4.78, 5) is 8.59. The SMILES string of the molecule is CN=C(NCCc1csc(C)n1)NCc1ccc(COCC(F)(F)F)cc1. The van der Waals surface area contributed by atoms with Gasteiger partial charge in [0.2, 0.25) is 0 Å². The molecular formula is C18H23F3N4OS. The van der Waals surface area contributed by atoms with Gasteiger partial charge < -0.3 is 15.4 Å². The molecule has 5 nitrogen and oxygen atoms in total. The summed E-state index contributed by atoms with van der Waals surface area (Å²) < 4.78 is 40.8. The topological polar surface area (TPSA) is 58.5 Å². The van der Waals surface area contributed by atoms with Crippen molar-refractivity contribution < 1.29 is 17.9 Å². The van der Waals surface area contributed by atoms with Crippen LogP contribution in [0.25, 0.3) is 0 Å². The minimum absolute atomic E-state index is 0.0630. The molecule has 9 heteroatoms. The van der Waals surface area contributed by atoms with Gasteiger partial charge in [0.25, 0.3) is 0 Å². The molecule has 1 heterocycles. The van der Waals surface area contributed by atoms with Gasteiger partial charge >= 0.3 is 6.18 Å². The number of alkyl halides is 3. The fraction of sp³-hybridized carbons (Fsp3) is 0.444. The van der Waals surface area contributed by atoms with Gasteiger partial charge in [-0.1, -0.05) is 24.3 Å². The first-order valence-corrected chi connectivity index (χ1v) is 9.31. The number of aliphatic imine (C=N–C) groups is 1. The Balaban J connectivity index is 1.70. The van der Waals surface area contributed by atoms with Crippen LogP contribution in [0, 0.1) is 6.92 Å². The summed E-state index contributed by atoms with van der Waals surface area (Å²) in [6, 6.07) is 7.22. The van der Waals surface area contributed by atoms with E-state index in [0.29, 0.717) is 18.1 Å². The highest BCUT2D eigenvalue weighted by atomic mass is 32.1. The third-order valence-electron chi connectivity index (χ3n) is 3.58. The van der Waals surface area contributed by atoms with E-state index in [2.05, 4.69) is 25.3 Å². The number of thiazole rings is 1. The summed E-state index contributed by atoms with van der Waals surface area (Å²) in [5.74, 6) is 0.680. The van der Waals surface area contributed by atoms with Crippen molar-refractivity contribution in [1.29, 1.82) is 0 Å². The van der Waals surface area contributed by atoms with E-state index >= 15 is 0 Å². The van der Waals surface area contributed by atoms with Crippen LogP contribution in [-0.2, 0) is 24.3 Å². The number of nitrogens with one attached hydrogen (secondary N) is 2. The second-order valence-corrected chi connectivity index (χ2v) is 6.95. The summed E-state index contributed by atoms with van der Waals surface area (Å²) in [6.07, 6.45) is -3.48. The monoisotopic (exact) mass is 400 g/mol. The molecule has 1 aromatic heterocycles. The van der Waals surface area contributed by atoms with E-state index in [1.165, 1.54) is 0 Å². The predicted octanol–water partition coefficient (Wildman–Crippen LogP) is 3.44. The van der Waals surface area contributed by atoms with Gasteiger partial charge in [-0.2, -0.15) is 13.2 Å². The second-order valence-electron chi connectivity index (χ2n) is 5.88. The zero-order valence-corrected chi connectivity index (χ0v) is 16.1. The number of aryl methyl sites for hydroxylation is 1. The summed E-state index contributed by atoms with van der Waals surface area (Å²) in [5.41, 5.74) is 2.75. The largest absolute Gasteiger partial charge is 0.411 e. The third kappa shape index (κ3) is 8.40. The molecule has 0 amide bonds. The number of halogens is 3. The van der Waals surface area contributed by atoms with Gasteiger partial charge in [0.05, 0.1) is 17.3 Å². The van der Waals surface area contributed by atoms with Gasteiger partial charge in [-0.05, 0) is 18.1 Å². The van der Waals surface area contributed by atoms with Crippen LogP contribution in [-0.4, -0.2) is 37.3 Å². The van der Waals surface area contributed by atoms with Crippen LogP contribution in [0.2, 0.25) is 0 Å². The number of ether oxygens (including phenoxy) is 1. The van der Waals surface area contributed by atoms with Crippen molar-refractivity contribution in [3.63, 3.8) is 0 Å². The molecule has 0 radical (unpaired) electrons. The Morgan fingerprint density at radius 3 is 2.48 bits per heavy atom. The number of aromatic nitrogens is 1. The smallest absolute Gasteiger partial charge is 0.367 e. The third-order valence-corrected chi connectivity index (χ3v) is 4.40. The fourth-order valence-electron chi connectivity index (χ4n) is 2.28. The van der Waals surface area contributed by atoms with Crippen LogP contribution in [0.3, 0.4) is 0 Å². The van der Waals surface area contributed by atoms with Crippen molar-refractivity contribution >= 4 is 17.3 Å². The molecule has 0 atom stereocenters. The van der Waals surface area contributed by atoms with Gasteiger partial charge in [-0.3, -0.25) is 4.99 Å². The van der Waals surface area contributed by atoms with E-state index in [1.807, 2.05) is 24.4 Å². The maximum atomic E-state index is 12.1. The molecule has 2 aromatic rings. The van der Waals surface area contributed by atoms with Crippen LogP contribution < -0.4 is 10.6 Å². The van der Waals surface area contributed by atoms with Crippen LogP contribution >= 0.6 is 11.3 Å². The summed E-state index contributed by atoms with van der Waals surface area (Å²) in [6.45, 7) is 1.96. The molecule has 148 valence electrons. The Morgan fingerprint density at radius 2 is 1.89 bits per heavy atom. The lowest BCUT2D eigenvalue weighted by molar-refractivity contribution is -0.176. The molecule has 1 aromatic carbocycles. The average molecular weight is 400 g/mol. The number of benzene rings is 1. The molecule has 0 spiro atoms. The fourth-order valence-corrected chi connectivity index (χ4v) is 2.92. The number of nitrogens with zero attached hydrogens (tertiary/aromatic N) is 2. The predicted molar refractivity (Wildman–Crippen MR) is 101 cm³/mol. The molecule has 0 bridgehead atoms. The highest BCUT2D eigenvalue weighted by Gasteiger charge is 2.27. The number of hydrogen-bond acceptors (Lipinski definition) is 4. The Morgan fingerprint density at radius 1 is 1.19 bits per heavy atom. The second kappa shape index (κ2) is 10.3. The maximum Gasteiger partial charge on any atom is 0.411 e. The first-order valence-electron chi connectivity index (χ1n) is 8.43. The van der Waals surface area contributed by atoms with Crippen LogP contribution in [0.15, 0.2) is 34.6 Å². The minimum Gasteiger partial charge on any atom is -0.367 e. The maximum absolute atomic E-state index is 12.1. The molecule has 2 N–H and O–H groups in total. The van der Waals surface area contributed by atoms with Crippen molar-refractivity contribution in [2.24, 2.45) is 4.99 Å². The Kier molecular flexibility index (Phi) is 8.05. The molecule has 0 aliphatic rings. The van der Waals surface area contributed by atoms with Crippen LogP contribution in [0.4, 0.5) is 13.2 Å². The molecule has 0 aliphatic heterocycles. The molecule has 27 heavy (non-hydrogen) atoms. The summed E-state index contributed by atoms with van der Waals surface area (Å²) >= 11 is 1.63. The minimum atomic E-state index is -4.30. The molecule has 0 saturated carbocycles. The van der Waals surface area contributed by atoms with Gasteiger partial charge in [0, 0.05) is 31.9 Å². The normalized spacial score (nSPS) is 12.3. The summed E-state index contributed by atoms with van der Waals surface area (Å²) in [5, 5.41) is 9.53. The van der Waals surface area contributed by atoms with E-state index in [4.69, 9.17) is 0 Å². The molecule has 0 unspecified atom stereocenters. The molecule has 0 saturated heterocycles.